The first-order chi connectivity index (χ1) is 5.25. The van der Waals surface area contributed by atoms with Crippen molar-refractivity contribution in [3.8, 4) is 0 Å². The van der Waals surface area contributed by atoms with Crippen LogP contribution in [0, 0.1) is 0 Å². The van der Waals surface area contributed by atoms with Crippen LogP contribution in [-0.2, 0) is 13.5 Å². The summed E-state index contributed by atoms with van der Waals surface area (Å²) in [5, 5.41) is 7.91. The first kappa shape index (κ1) is 8.71. The highest BCUT2D eigenvalue weighted by Gasteiger charge is 2.05. The van der Waals surface area contributed by atoms with Gasteiger partial charge < -0.3 is 0 Å². The van der Waals surface area contributed by atoms with E-state index in [2.05, 4.69) is 33.2 Å². The Morgan fingerprint density at radius 1 is 1.55 bits per heavy atom. The summed E-state index contributed by atoms with van der Waals surface area (Å²) >= 11 is 3.42. The van der Waals surface area contributed by atoms with E-state index in [1.807, 2.05) is 7.05 Å². The fourth-order valence-electron chi connectivity index (χ4n) is 0.886. The van der Waals surface area contributed by atoms with Crippen LogP contribution in [0.3, 0.4) is 0 Å². The lowest BCUT2D eigenvalue weighted by Gasteiger charge is -1.93. The maximum absolute atomic E-state index is 4.02. The standard InChI is InChI=1S/C7H12BrN3/c1-3-4-5-6-7(8)11(2)10-9-6/h3-5H2,1-2H3. The highest BCUT2D eigenvalue weighted by atomic mass is 79.9. The van der Waals surface area contributed by atoms with E-state index in [1.54, 1.807) is 4.68 Å². The van der Waals surface area contributed by atoms with Crippen molar-refractivity contribution in [1.29, 1.82) is 0 Å². The van der Waals surface area contributed by atoms with Crippen LogP contribution < -0.4 is 0 Å². The van der Waals surface area contributed by atoms with Gasteiger partial charge in [0.1, 0.15) is 4.60 Å². The van der Waals surface area contributed by atoms with E-state index in [0.29, 0.717) is 0 Å². The summed E-state index contributed by atoms with van der Waals surface area (Å²) in [6.45, 7) is 2.17. The molecule has 0 aliphatic heterocycles. The van der Waals surface area contributed by atoms with E-state index in [-0.39, 0.29) is 0 Å². The number of hydrogen-bond donors (Lipinski definition) is 0. The van der Waals surface area contributed by atoms with Crippen molar-refractivity contribution >= 4 is 15.9 Å². The summed E-state index contributed by atoms with van der Waals surface area (Å²) in [4.78, 5) is 0. The number of hydrogen-bond acceptors (Lipinski definition) is 2. The molecule has 0 radical (unpaired) electrons. The Labute approximate surface area is 74.9 Å². The van der Waals surface area contributed by atoms with Crippen LogP contribution in [0.5, 0.6) is 0 Å². The van der Waals surface area contributed by atoms with Gasteiger partial charge in [0.2, 0.25) is 0 Å². The lowest BCUT2D eigenvalue weighted by Crippen LogP contribution is -1.90. The SMILES string of the molecule is CCCCc1nnn(C)c1Br. The topological polar surface area (TPSA) is 30.7 Å². The molecule has 4 heteroatoms. The van der Waals surface area contributed by atoms with Crippen molar-refractivity contribution < 1.29 is 0 Å². The number of unbranched alkanes of at least 4 members (excludes halogenated alkanes) is 1. The van der Waals surface area contributed by atoms with E-state index in [4.69, 9.17) is 0 Å². The third-order valence-electron chi connectivity index (χ3n) is 1.59. The second-order valence-corrected chi connectivity index (χ2v) is 3.31. The molecule has 11 heavy (non-hydrogen) atoms. The van der Waals surface area contributed by atoms with Gasteiger partial charge in [0.05, 0.1) is 5.69 Å². The van der Waals surface area contributed by atoms with Gasteiger partial charge in [0.15, 0.2) is 0 Å². The zero-order valence-electron chi connectivity index (χ0n) is 6.84. The van der Waals surface area contributed by atoms with Crippen molar-refractivity contribution in [3.63, 3.8) is 0 Å². The molecular formula is C7H12BrN3. The minimum absolute atomic E-state index is 1.01. The predicted molar refractivity (Wildman–Crippen MR) is 47.3 cm³/mol. The van der Waals surface area contributed by atoms with Gasteiger partial charge in [-0.05, 0) is 28.8 Å². The Hall–Kier alpha value is -0.380. The largest absolute Gasteiger partial charge is 0.241 e. The van der Waals surface area contributed by atoms with Crippen molar-refractivity contribution in [1.82, 2.24) is 15.0 Å². The number of aromatic nitrogens is 3. The molecule has 0 aliphatic rings. The normalized spacial score (nSPS) is 10.5. The third-order valence-corrected chi connectivity index (χ3v) is 2.56. The zero-order chi connectivity index (χ0) is 8.27. The van der Waals surface area contributed by atoms with Gasteiger partial charge in [0.25, 0.3) is 0 Å². The summed E-state index contributed by atoms with van der Waals surface area (Å²) in [5.41, 5.74) is 1.06. The number of nitrogens with zero attached hydrogens (tertiary/aromatic N) is 3. The molecule has 0 bridgehead atoms. The van der Waals surface area contributed by atoms with E-state index >= 15 is 0 Å². The van der Waals surface area contributed by atoms with Gasteiger partial charge in [-0.3, -0.25) is 0 Å². The van der Waals surface area contributed by atoms with Gasteiger partial charge in [0, 0.05) is 7.05 Å². The smallest absolute Gasteiger partial charge is 0.127 e. The van der Waals surface area contributed by atoms with Crippen LogP contribution in [0.25, 0.3) is 0 Å². The molecule has 0 N–H and O–H groups in total. The molecule has 1 rings (SSSR count). The van der Waals surface area contributed by atoms with Gasteiger partial charge in [-0.25, -0.2) is 4.68 Å². The average Bonchev–Trinajstić information content (AvgIpc) is 2.31. The molecule has 0 saturated heterocycles. The predicted octanol–water partition coefficient (Wildman–Crippen LogP) is 1.92. The van der Waals surface area contributed by atoms with E-state index < -0.39 is 0 Å². The third kappa shape index (κ3) is 2.02. The molecule has 0 saturated carbocycles. The first-order valence-electron chi connectivity index (χ1n) is 3.79. The van der Waals surface area contributed by atoms with E-state index in [9.17, 15) is 0 Å². The number of halogens is 1. The second-order valence-electron chi connectivity index (χ2n) is 2.55. The number of rotatable bonds is 3. The molecule has 0 fully saturated rings. The molecule has 0 atom stereocenters. The minimum Gasteiger partial charge on any atom is -0.241 e. The molecule has 62 valence electrons. The molecule has 3 nitrogen and oxygen atoms in total. The van der Waals surface area contributed by atoms with Gasteiger partial charge in [-0.15, -0.1) is 5.10 Å². The Bertz CT molecular complexity index is 232. The Morgan fingerprint density at radius 2 is 2.27 bits per heavy atom. The summed E-state index contributed by atoms with van der Waals surface area (Å²) in [5.74, 6) is 0. The lowest BCUT2D eigenvalue weighted by molar-refractivity contribution is 0.701. The van der Waals surface area contributed by atoms with Gasteiger partial charge in [-0.2, -0.15) is 0 Å². The maximum atomic E-state index is 4.02. The lowest BCUT2D eigenvalue weighted by atomic mass is 10.2. The molecule has 1 aromatic heterocycles. The molecule has 1 heterocycles. The van der Waals surface area contributed by atoms with E-state index in [0.717, 1.165) is 16.7 Å². The maximum Gasteiger partial charge on any atom is 0.127 e. The molecule has 1 aromatic rings. The molecule has 0 unspecified atom stereocenters. The van der Waals surface area contributed by atoms with Crippen LogP contribution in [0.1, 0.15) is 25.5 Å². The van der Waals surface area contributed by atoms with Crippen LogP contribution in [0.15, 0.2) is 4.60 Å². The average molecular weight is 218 g/mol. The second kappa shape index (κ2) is 3.85. The van der Waals surface area contributed by atoms with Gasteiger partial charge >= 0.3 is 0 Å². The first-order valence-corrected chi connectivity index (χ1v) is 4.59. The summed E-state index contributed by atoms with van der Waals surface area (Å²) < 4.78 is 2.75. The monoisotopic (exact) mass is 217 g/mol. The Balaban J connectivity index is 2.63. The molecule has 0 amide bonds. The molecule has 0 aromatic carbocycles. The summed E-state index contributed by atoms with van der Waals surface area (Å²) in [6.07, 6.45) is 3.39. The zero-order valence-corrected chi connectivity index (χ0v) is 8.43. The summed E-state index contributed by atoms with van der Waals surface area (Å²) in [7, 11) is 1.88. The molecule has 0 aliphatic carbocycles. The highest BCUT2D eigenvalue weighted by Crippen LogP contribution is 2.14. The van der Waals surface area contributed by atoms with Gasteiger partial charge in [-0.1, -0.05) is 18.6 Å². The van der Waals surface area contributed by atoms with E-state index in [1.165, 1.54) is 12.8 Å². The van der Waals surface area contributed by atoms with Crippen molar-refractivity contribution in [2.45, 2.75) is 26.2 Å². The summed E-state index contributed by atoms with van der Waals surface area (Å²) in [6, 6.07) is 0. The Morgan fingerprint density at radius 3 is 2.73 bits per heavy atom. The number of aryl methyl sites for hydroxylation is 2. The highest BCUT2D eigenvalue weighted by molar-refractivity contribution is 9.10. The van der Waals surface area contributed by atoms with Crippen molar-refractivity contribution in [2.24, 2.45) is 7.05 Å². The fourth-order valence-corrected chi connectivity index (χ4v) is 1.23. The fraction of sp³-hybridized carbons (Fsp3) is 0.714. The van der Waals surface area contributed by atoms with Crippen molar-refractivity contribution in [3.05, 3.63) is 10.3 Å². The molecule has 0 spiro atoms. The Kier molecular flexibility index (Phi) is 3.05. The van der Waals surface area contributed by atoms with Crippen molar-refractivity contribution in [2.75, 3.05) is 0 Å². The quantitative estimate of drug-likeness (QED) is 0.775. The van der Waals surface area contributed by atoms with Crippen LogP contribution >= 0.6 is 15.9 Å². The van der Waals surface area contributed by atoms with Crippen LogP contribution in [0.4, 0.5) is 0 Å². The minimum atomic E-state index is 1.01. The van der Waals surface area contributed by atoms with Crippen LogP contribution in [0.2, 0.25) is 0 Å². The van der Waals surface area contributed by atoms with Crippen LogP contribution in [-0.4, -0.2) is 15.0 Å². The molecular weight excluding hydrogens is 206 g/mol.